The number of aldehydes is 1. The van der Waals surface area contributed by atoms with Crippen LogP contribution in [0.15, 0.2) is 9.47 Å². The molecule has 1 aliphatic carbocycles. The van der Waals surface area contributed by atoms with Gasteiger partial charge in [0.15, 0.2) is 5.79 Å². The van der Waals surface area contributed by atoms with Crippen LogP contribution in [0.4, 0.5) is 14.4 Å². The highest BCUT2D eigenvalue weighted by Gasteiger charge is 2.64. The molecule has 6 aliphatic rings. The number of hydrogen-bond acceptors (Lipinski definition) is 15. The van der Waals surface area contributed by atoms with Crippen molar-refractivity contribution in [3.05, 3.63) is 9.47 Å². The number of carbonyl (C=O) groups excluding carboxylic acids is 4. The fraction of sp³-hybridized carbons (Fsp3) is 0.822. The van der Waals surface area contributed by atoms with Gasteiger partial charge in [-0.3, -0.25) is 14.7 Å². The number of hydrogen-bond donors (Lipinski definition) is 0. The van der Waals surface area contributed by atoms with E-state index in [4.69, 9.17) is 58.5 Å². The summed E-state index contributed by atoms with van der Waals surface area (Å²) in [5.74, 6) is -0.210. The number of methoxy groups -OCH3 is 6. The number of terminal acetylenes is 1. The number of ether oxygens (including phenoxy) is 11. The zero-order valence-corrected chi connectivity index (χ0v) is 43.8. The van der Waals surface area contributed by atoms with Gasteiger partial charge in [-0.2, -0.15) is 0 Å². The number of fused-ring (bicyclic) bond motifs is 3. The average Bonchev–Trinajstić information content (AvgIpc) is 4.06. The van der Waals surface area contributed by atoms with Crippen molar-refractivity contribution < 1.29 is 71.3 Å². The quantitative estimate of drug-likeness (QED) is 0.114. The molecule has 6 rings (SSSR count). The molecule has 5 aliphatic heterocycles. The largest absolute Gasteiger partial charge is 0.444 e. The number of halogens is 2. The van der Waals surface area contributed by atoms with Crippen LogP contribution >= 0.6 is 31.9 Å². The second-order valence-electron chi connectivity index (χ2n) is 19.8. The minimum Gasteiger partial charge on any atom is -0.444 e. The van der Waals surface area contributed by atoms with Gasteiger partial charge in [-0.1, -0.05) is 6.08 Å². The predicted molar refractivity (Wildman–Crippen MR) is 244 cm³/mol. The van der Waals surface area contributed by atoms with E-state index in [1.807, 2.05) is 47.6 Å². The maximum Gasteiger partial charge on any atom is 0.410 e. The van der Waals surface area contributed by atoms with Gasteiger partial charge >= 0.3 is 18.3 Å². The molecular weight excluding hydrogens is 982 g/mol. The van der Waals surface area contributed by atoms with Gasteiger partial charge < -0.3 is 56.9 Å². The molecule has 5 saturated heterocycles. The van der Waals surface area contributed by atoms with Gasteiger partial charge in [-0.25, -0.2) is 14.4 Å². The third-order valence-corrected chi connectivity index (χ3v) is 13.0. The van der Waals surface area contributed by atoms with Crippen LogP contribution in [-0.4, -0.2) is 179 Å². The van der Waals surface area contributed by atoms with Crippen LogP contribution in [-0.2, 0) is 56.9 Å². The number of rotatable bonds is 8. The van der Waals surface area contributed by atoms with Gasteiger partial charge in [0, 0.05) is 86.5 Å². The molecule has 0 N–H and O–H groups in total. The van der Waals surface area contributed by atoms with E-state index in [9.17, 15) is 19.2 Å². The van der Waals surface area contributed by atoms with E-state index >= 15 is 0 Å². The molecule has 0 spiro atoms. The fourth-order valence-electron chi connectivity index (χ4n) is 9.61. The summed E-state index contributed by atoms with van der Waals surface area (Å²) in [6, 6.07) is -1.06. The van der Waals surface area contributed by atoms with Crippen molar-refractivity contribution in [2.24, 2.45) is 23.7 Å². The van der Waals surface area contributed by atoms with Crippen LogP contribution in [0.25, 0.3) is 0 Å². The average molecular weight is 1050 g/mol. The highest BCUT2D eigenvalue weighted by molar-refractivity contribution is 9.28. The second-order valence-corrected chi connectivity index (χ2v) is 22.6. The third-order valence-electron chi connectivity index (χ3n) is 12.4. The molecule has 0 unspecified atom stereocenters. The van der Waals surface area contributed by atoms with E-state index in [1.54, 1.807) is 59.0 Å². The molecule has 0 radical (unpaired) electrons. The Morgan fingerprint density at radius 1 is 0.615 bits per heavy atom. The summed E-state index contributed by atoms with van der Waals surface area (Å²) in [7, 11) is 9.34. The second kappa shape index (κ2) is 21.4. The normalized spacial score (nSPS) is 30.4. The molecule has 5 heterocycles. The lowest BCUT2D eigenvalue weighted by atomic mass is 9.92. The molecule has 0 aromatic rings. The first-order chi connectivity index (χ1) is 30.2. The number of likely N-dealkylation sites (tertiary alicyclic amines) is 3. The van der Waals surface area contributed by atoms with E-state index in [1.165, 1.54) is 19.1 Å². The van der Waals surface area contributed by atoms with E-state index in [0.717, 1.165) is 22.5 Å². The smallest absolute Gasteiger partial charge is 0.410 e. The zero-order chi connectivity index (χ0) is 49.1. The van der Waals surface area contributed by atoms with Gasteiger partial charge in [0.1, 0.15) is 48.4 Å². The van der Waals surface area contributed by atoms with Crippen LogP contribution < -0.4 is 0 Å². The molecule has 20 heteroatoms. The van der Waals surface area contributed by atoms with Crippen LogP contribution in [0.1, 0.15) is 75.2 Å². The first-order valence-corrected chi connectivity index (χ1v) is 23.2. The summed E-state index contributed by atoms with van der Waals surface area (Å²) >= 11 is 6.75. The monoisotopic (exact) mass is 1050 g/mol. The Hall–Kier alpha value is -2.58. The van der Waals surface area contributed by atoms with Gasteiger partial charge in [0.2, 0.25) is 11.6 Å². The van der Waals surface area contributed by atoms with Gasteiger partial charge in [0.25, 0.3) is 0 Å². The van der Waals surface area contributed by atoms with Crippen molar-refractivity contribution in [1.82, 2.24) is 14.7 Å². The Bertz CT molecular complexity index is 1740. The SMILES string of the molecule is C#C[C@@H]1CN(C(=O)OC(C)(C)C)[C@H]2[C@@H]1CCC2(OC)OC.COC1(OC)CO[C@@H]2[C@H](C=C(Br)Br)CN(C(=O)OC(C)(C)C)[C@@H]21.COC1(OC)CO[C@@H]2[C@H](C=O)CN(C(=O)OC(C)(C)C)[C@@H]21. The molecule has 3 amide bonds. The predicted octanol–water partition coefficient (Wildman–Crippen LogP) is 6.30. The Labute approximate surface area is 401 Å². The molecule has 65 heavy (non-hydrogen) atoms. The lowest BCUT2D eigenvalue weighted by Crippen LogP contribution is -2.55. The molecule has 0 aromatic carbocycles. The number of carbonyl (C=O) groups is 4. The van der Waals surface area contributed by atoms with Crippen LogP contribution in [0.3, 0.4) is 0 Å². The van der Waals surface area contributed by atoms with Gasteiger partial charge in [-0.05, 0) is 101 Å². The van der Waals surface area contributed by atoms with Crippen molar-refractivity contribution >= 4 is 56.4 Å². The number of nitrogens with zero attached hydrogens (tertiary/aromatic N) is 3. The summed E-state index contributed by atoms with van der Waals surface area (Å²) < 4.78 is 62.2. The molecule has 9 atom stereocenters. The Morgan fingerprint density at radius 3 is 1.32 bits per heavy atom. The first-order valence-electron chi connectivity index (χ1n) is 21.7. The fourth-order valence-corrected chi connectivity index (χ4v) is 10.3. The zero-order valence-electron chi connectivity index (χ0n) is 40.6. The summed E-state index contributed by atoms with van der Waals surface area (Å²) in [6.45, 7) is 18.1. The topological polar surface area (TPSA) is 180 Å². The molecular formula is C45H71Br2N3O15. The first kappa shape index (κ1) is 55.0. The highest BCUT2D eigenvalue weighted by Crippen LogP contribution is 2.49. The number of amides is 3. The van der Waals surface area contributed by atoms with Crippen molar-refractivity contribution in [2.75, 3.05) is 75.5 Å². The van der Waals surface area contributed by atoms with Crippen molar-refractivity contribution in [2.45, 2.75) is 140 Å². The molecule has 0 aromatic heterocycles. The molecule has 370 valence electrons. The highest BCUT2D eigenvalue weighted by atomic mass is 79.9. The summed E-state index contributed by atoms with van der Waals surface area (Å²) in [4.78, 5) is 53.6. The third kappa shape index (κ3) is 12.0. The van der Waals surface area contributed by atoms with Crippen LogP contribution in [0.5, 0.6) is 0 Å². The summed E-state index contributed by atoms with van der Waals surface area (Å²) in [5.41, 5.74) is -1.73. The standard InChI is InChI=1S/C16H25NO4.C15H23Br2NO5.C14H23NO6/c1-7-11-10-17(14(18)21-15(2,3)4)13-12(11)8-9-16(13,19-5)20-6;1-14(2,3)23-13(19)18-7-9(6-10(16)17)11-12(18)15(20-4,21-5)8-22-11;1-13(2,3)21-12(17)15-6-9(7-16)10-11(15)14(18-4,19-5)8-20-10/h1,11-13H,8-10H2,2-6H3;6,9,11-12H,7-8H2,1-5H3;7,9-11H,6,8H2,1-5H3/t11-,12-,13+;9-,11-,12+;9-,10+,11-/m110/s1. The van der Waals surface area contributed by atoms with Crippen molar-refractivity contribution in [3.63, 3.8) is 0 Å². The Balaban J connectivity index is 0.000000214. The minimum atomic E-state index is -1.07. The lowest BCUT2D eigenvalue weighted by molar-refractivity contribution is -0.227. The molecule has 0 bridgehead atoms. The lowest BCUT2D eigenvalue weighted by Gasteiger charge is -2.38. The van der Waals surface area contributed by atoms with Crippen molar-refractivity contribution in [1.29, 1.82) is 0 Å². The Morgan fingerprint density at radius 2 is 0.985 bits per heavy atom. The maximum atomic E-state index is 12.6. The van der Waals surface area contributed by atoms with E-state index in [-0.39, 0.29) is 61.8 Å². The van der Waals surface area contributed by atoms with E-state index in [2.05, 4.69) is 37.8 Å². The van der Waals surface area contributed by atoms with Gasteiger partial charge in [0.05, 0.1) is 27.6 Å². The van der Waals surface area contributed by atoms with Crippen molar-refractivity contribution in [3.8, 4) is 12.3 Å². The molecule has 1 saturated carbocycles. The van der Waals surface area contributed by atoms with E-state index in [0.29, 0.717) is 13.1 Å². The van der Waals surface area contributed by atoms with Gasteiger partial charge in [-0.15, -0.1) is 12.3 Å². The Kier molecular flexibility index (Phi) is 18.1. The minimum absolute atomic E-state index is 0.00782. The van der Waals surface area contributed by atoms with Crippen LogP contribution in [0.2, 0.25) is 0 Å². The summed E-state index contributed by atoms with van der Waals surface area (Å²) in [6.07, 6.45) is 8.16. The summed E-state index contributed by atoms with van der Waals surface area (Å²) in [5, 5.41) is 0. The van der Waals surface area contributed by atoms with Crippen LogP contribution in [0, 0.1) is 36.0 Å². The molecule has 18 nitrogen and oxygen atoms in total. The van der Waals surface area contributed by atoms with E-state index < -0.39 is 64.4 Å². The maximum absolute atomic E-state index is 12.6. The molecule has 6 fully saturated rings.